The fraction of sp³-hybridized carbons (Fsp3) is 0.176. The first-order chi connectivity index (χ1) is 11.1. The van der Waals surface area contributed by atoms with Gasteiger partial charge in [0.15, 0.2) is 11.4 Å². The van der Waals surface area contributed by atoms with Gasteiger partial charge in [0.2, 0.25) is 0 Å². The SMILES string of the molecule is CCOC(=O)c1cc2occc2n1CC(=O)c1ccc(F)cc1. The minimum Gasteiger partial charge on any atom is -0.463 e. The van der Waals surface area contributed by atoms with Crippen LogP contribution in [0.5, 0.6) is 0 Å². The highest BCUT2D eigenvalue weighted by Gasteiger charge is 2.20. The number of carbonyl (C=O) groups excluding carboxylic acids is 2. The van der Waals surface area contributed by atoms with Crippen LogP contribution in [0.15, 0.2) is 47.1 Å². The molecule has 0 amide bonds. The van der Waals surface area contributed by atoms with E-state index >= 15 is 0 Å². The first kappa shape index (κ1) is 15.0. The van der Waals surface area contributed by atoms with Crippen LogP contribution in [0.1, 0.15) is 27.8 Å². The summed E-state index contributed by atoms with van der Waals surface area (Å²) < 4.78 is 24.8. The molecule has 0 radical (unpaired) electrons. The lowest BCUT2D eigenvalue weighted by Gasteiger charge is -2.09. The fourth-order valence-corrected chi connectivity index (χ4v) is 2.39. The summed E-state index contributed by atoms with van der Waals surface area (Å²) in [5, 5.41) is 0. The fourth-order valence-electron chi connectivity index (χ4n) is 2.39. The van der Waals surface area contributed by atoms with Crippen LogP contribution < -0.4 is 0 Å². The predicted molar refractivity (Wildman–Crippen MR) is 80.9 cm³/mol. The third-order valence-electron chi connectivity index (χ3n) is 3.48. The maximum absolute atomic E-state index is 13.0. The van der Waals surface area contributed by atoms with Gasteiger partial charge in [0.25, 0.3) is 0 Å². The van der Waals surface area contributed by atoms with E-state index in [1.165, 1.54) is 30.5 Å². The standard InChI is InChI=1S/C17H14FNO4/c1-2-22-17(21)14-9-16-13(7-8-23-16)19(14)10-15(20)11-3-5-12(18)6-4-11/h3-9H,2,10H2,1H3. The van der Waals surface area contributed by atoms with Crippen molar-refractivity contribution in [3.8, 4) is 0 Å². The molecule has 0 aliphatic carbocycles. The summed E-state index contributed by atoms with van der Waals surface area (Å²) in [5.74, 6) is -1.17. The molecule has 0 aliphatic heterocycles. The molecule has 0 saturated heterocycles. The van der Waals surface area contributed by atoms with E-state index in [2.05, 4.69) is 0 Å². The number of ketones is 1. The van der Waals surface area contributed by atoms with E-state index in [-0.39, 0.29) is 24.6 Å². The Labute approximate surface area is 131 Å². The van der Waals surface area contributed by atoms with Crippen molar-refractivity contribution in [2.24, 2.45) is 0 Å². The number of esters is 1. The molecule has 0 unspecified atom stereocenters. The van der Waals surface area contributed by atoms with Gasteiger partial charge in [-0.25, -0.2) is 9.18 Å². The van der Waals surface area contributed by atoms with Gasteiger partial charge in [-0.05, 0) is 31.2 Å². The zero-order valence-electron chi connectivity index (χ0n) is 12.4. The number of Topliss-reactive ketones (excluding diaryl/α,β-unsaturated/α-hetero) is 1. The molecule has 3 aromatic rings. The minimum atomic E-state index is -0.522. The second-order valence-electron chi connectivity index (χ2n) is 4.94. The zero-order chi connectivity index (χ0) is 16.4. The highest BCUT2D eigenvalue weighted by atomic mass is 19.1. The molecule has 0 atom stereocenters. The minimum absolute atomic E-state index is 0.0667. The van der Waals surface area contributed by atoms with Gasteiger partial charge >= 0.3 is 5.97 Å². The molecule has 1 aromatic carbocycles. The number of rotatable bonds is 5. The van der Waals surface area contributed by atoms with Crippen LogP contribution in [0.2, 0.25) is 0 Å². The van der Waals surface area contributed by atoms with E-state index in [4.69, 9.17) is 9.15 Å². The van der Waals surface area contributed by atoms with Crippen molar-refractivity contribution >= 4 is 22.9 Å². The molecular formula is C17H14FNO4. The summed E-state index contributed by atoms with van der Waals surface area (Å²) in [6, 6.07) is 8.50. The number of benzene rings is 1. The Morgan fingerprint density at radius 1 is 1.22 bits per heavy atom. The molecule has 6 heteroatoms. The molecule has 0 spiro atoms. The molecule has 2 aromatic heterocycles. The van der Waals surface area contributed by atoms with E-state index < -0.39 is 11.8 Å². The van der Waals surface area contributed by atoms with Gasteiger partial charge in [0.05, 0.1) is 24.9 Å². The van der Waals surface area contributed by atoms with Crippen molar-refractivity contribution in [2.45, 2.75) is 13.5 Å². The van der Waals surface area contributed by atoms with Crippen molar-refractivity contribution in [3.63, 3.8) is 0 Å². The summed E-state index contributed by atoms with van der Waals surface area (Å²) in [4.78, 5) is 24.4. The lowest BCUT2D eigenvalue weighted by molar-refractivity contribution is 0.0514. The van der Waals surface area contributed by atoms with Gasteiger partial charge in [0.1, 0.15) is 11.5 Å². The summed E-state index contributed by atoms with van der Waals surface area (Å²) >= 11 is 0. The quantitative estimate of drug-likeness (QED) is 0.534. The number of hydrogen-bond donors (Lipinski definition) is 0. The van der Waals surface area contributed by atoms with E-state index in [1.54, 1.807) is 23.6 Å². The Hall–Kier alpha value is -2.89. The second-order valence-corrected chi connectivity index (χ2v) is 4.94. The van der Waals surface area contributed by atoms with Crippen molar-refractivity contribution in [1.29, 1.82) is 0 Å². The predicted octanol–water partition coefficient (Wildman–Crippen LogP) is 3.43. The Morgan fingerprint density at radius 2 is 1.96 bits per heavy atom. The van der Waals surface area contributed by atoms with Crippen LogP contribution in [-0.2, 0) is 11.3 Å². The first-order valence-electron chi connectivity index (χ1n) is 7.12. The summed E-state index contributed by atoms with van der Waals surface area (Å²) in [6.45, 7) is 1.87. The van der Waals surface area contributed by atoms with E-state index in [0.29, 0.717) is 16.7 Å². The molecule has 118 valence electrons. The summed E-state index contributed by atoms with van der Waals surface area (Å²) in [5.41, 5.74) is 1.74. The maximum atomic E-state index is 13.0. The Bertz CT molecular complexity index is 860. The van der Waals surface area contributed by atoms with Gasteiger partial charge in [-0.2, -0.15) is 0 Å². The van der Waals surface area contributed by atoms with Crippen LogP contribution in [0, 0.1) is 5.82 Å². The first-order valence-corrected chi connectivity index (χ1v) is 7.12. The number of carbonyl (C=O) groups is 2. The number of halogens is 1. The number of fused-ring (bicyclic) bond motifs is 1. The molecule has 0 aliphatic rings. The monoisotopic (exact) mass is 315 g/mol. The Kier molecular flexibility index (Phi) is 3.97. The third-order valence-corrected chi connectivity index (χ3v) is 3.48. The van der Waals surface area contributed by atoms with E-state index in [1.807, 2.05) is 0 Å². The van der Waals surface area contributed by atoms with Crippen LogP contribution in [0.25, 0.3) is 11.1 Å². The average molecular weight is 315 g/mol. The van der Waals surface area contributed by atoms with Crippen molar-refractivity contribution in [2.75, 3.05) is 6.61 Å². The molecule has 5 nitrogen and oxygen atoms in total. The van der Waals surface area contributed by atoms with Gasteiger partial charge in [-0.3, -0.25) is 4.79 Å². The average Bonchev–Trinajstić information content (AvgIpc) is 3.11. The molecule has 0 fully saturated rings. The topological polar surface area (TPSA) is 61.4 Å². The van der Waals surface area contributed by atoms with Crippen LogP contribution in [0.4, 0.5) is 4.39 Å². The lowest BCUT2D eigenvalue weighted by Crippen LogP contribution is -2.17. The normalized spacial score (nSPS) is 10.9. The number of aromatic nitrogens is 1. The number of hydrogen-bond acceptors (Lipinski definition) is 4. The number of furan rings is 1. The largest absolute Gasteiger partial charge is 0.463 e. The summed E-state index contributed by atoms with van der Waals surface area (Å²) in [6.07, 6.45) is 1.48. The smallest absolute Gasteiger partial charge is 0.355 e. The molecule has 3 rings (SSSR count). The molecule has 0 N–H and O–H groups in total. The highest BCUT2D eigenvalue weighted by Crippen LogP contribution is 2.22. The second kappa shape index (κ2) is 6.08. The van der Waals surface area contributed by atoms with Crippen LogP contribution in [0.3, 0.4) is 0 Å². The van der Waals surface area contributed by atoms with E-state index in [0.717, 1.165) is 0 Å². The number of nitrogens with zero attached hydrogens (tertiary/aromatic N) is 1. The van der Waals surface area contributed by atoms with Crippen molar-refractivity contribution in [1.82, 2.24) is 4.57 Å². The lowest BCUT2D eigenvalue weighted by atomic mass is 10.1. The van der Waals surface area contributed by atoms with Crippen molar-refractivity contribution in [3.05, 3.63) is 59.7 Å². The van der Waals surface area contributed by atoms with Gasteiger partial charge in [-0.1, -0.05) is 0 Å². The van der Waals surface area contributed by atoms with Crippen LogP contribution in [-0.4, -0.2) is 22.9 Å². The molecule has 0 saturated carbocycles. The Balaban J connectivity index is 1.96. The highest BCUT2D eigenvalue weighted by molar-refractivity contribution is 5.99. The number of ether oxygens (including phenoxy) is 1. The Morgan fingerprint density at radius 3 is 2.65 bits per heavy atom. The van der Waals surface area contributed by atoms with Gasteiger partial charge in [0, 0.05) is 17.7 Å². The van der Waals surface area contributed by atoms with Crippen molar-refractivity contribution < 1.29 is 23.1 Å². The zero-order valence-corrected chi connectivity index (χ0v) is 12.4. The molecule has 2 heterocycles. The molecule has 23 heavy (non-hydrogen) atoms. The molecular weight excluding hydrogens is 301 g/mol. The maximum Gasteiger partial charge on any atom is 0.355 e. The van der Waals surface area contributed by atoms with Gasteiger partial charge in [-0.15, -0.1) is 0 Å². The van der Waals surface area contributed by atoms with Gasteiger partial charge < -0.3 is 13.7 Å². The molecule has 0 bridgehead atoms. The van der Waals surface area contributed by atoms with E-state index in [9.17, 15) is 14.0 Å². The summed E-state index contributed by atoms with van der Waals surface area (Å²) in [7, 11) is 0. The third kappa shape index (κ3) is 2.88. The van der Waals surface area contributed by atoms with Crippen LogP contribution >= 0.6 is 0 Å².